The summed E-state index contributed by atoms with van der Waals surface area (Å²) in [6, 6.07) is 16.2. The van der Waals surface area contributed by atoms with Gasteiger partial charge >= 0.3 is 0 Å². The summed E-state index contributed by atoms with van der Waals surface area (Å²) in [6.45, 7) is 0. The van der Waals surface area contributed by atoms with Gasteiger partial charge in [0, 0.05) is 22.0 Å². The summed E-state index contributed by atoms with van der Waals surface area (Å²) >= 11 is 6.03. The smallest absolute Gasteiger partial charge is 0.259 e. The number of fused-ring (bicyclic) bond motifs is 4. The second-order valence-corrected chi connectivity index (χ2v) is 11.2. The summed E-state index contributed by atoms with van der Waals surface area (Å²) in [7, 11) is 0. The molecule has 5 nitrogen and oxygen atoms in total. The van der Waals surface area contributed by atoms with E-state index in [0.29, 0.717) is 11.0 Å². The largest absolute Gasteiger partial charge is 0.274 e. The van der Waals surface area contributed by atoms with E-state index >= 15 is 0 Å². The molecule has 0 saturated heterocycles. The van der Waals surface area contributed by atoms with E-state index < -0.39 is 0 Å². The van der Waals surface area contributed by atoms with Crippen LogP contribution in [0.15, 0.2) is 58.4 Å². The molecule has 0 radical (unpaired) electrons. The normalized spacial score (nSPS) is 19.2. The standard InChI is InChI=1S/C30H33ClN4O/c31-23-15-13-21(14-16-23)20-32-34-29-33-27-25-12-6-5-9-22(25)19-30(17-7-2-8-18-30)26(27)28(36)35(29)24-10-3-1-4-11-24/h5-6,9,12-16,20,24H,1-4,7-8,10-11,17-19H2,(H,33,34)/b32-20+. The first-order valence-corrected chi connectivity index (χ1v) is 13.8. The van der Waals surface area contributed by atoms with E-state index in [2.05, 4.69) is 34.8 Å². The lowest BCUT2D eigenvalue weighted by Crippen LogP contribution is -2.44. The van der Waals surface area contributed by atoms with Gasteiger partial charge in [0.05, 0.1) is 17.5 Å². The molecular weight excluding hydrogens is 468 g/mol. The number of hydrogen-bond donors (Lipinski definition) is 1. The molecule has 36 heavy (non-hydrogen) atoms. The maximum absolute atomic E-state index is 14.5. The third-order valence-electron chi connectivity index (χ3n) is 8.45. The van der Waals surface area contributed by atoms with Crippen LogP contribution in [0, 0.1) is 0 Å². The van der Waals surface area contributed by atoms with Gasteiger partial charge in [-0.3, -0.25) is 9.36 Å². The van der Waals surface area contributed by atoms with Crippen molar-refractivity contribution >= 4 is 23.8 Å². The summed E-state index contributed by atoms with van der Waals surface area (Å²) in [5.41, 5.74) is 8.38. The Kier molecular flexibility index (Phi) is 6.43. The SMILES string of the molecule is O=c1c2c(nc(N/N=C/c3ccc(Cl)cc3)n1C1CCCCC1)-c1ccccc1CC21CCCCC1. The topological polar surface area (TPSA) is 59.3 Å². The molecule has 3 aliphatic rings. The second-order valence-electron chi connectivity index (χ2n) is 10.7. The first-order valence-electron chi connectivity index (χ1n) is 13.4. The lowest BCUT2D eigenvalue weighted by Gasteiger charge is -2.42. The maximum Gasteiger partial charge on any atom is 0.259 e. The molecule has 1 spiro atoms. The second kappa shape index (κ2) is 9.85. The third-order valence-corrected chi connectivity index (χ3v) is 8.70. The molecule has 0 unspecified atom stereocenters. The summed E-state index contributed by atoms with van der Waals surface area (Å²) in [5, 5.41) is 5.20. The maximum atomic E-state index is 14.5. The highest BCUT2D eigenvalue weighted by Gasteiger charge is 2.44. The van der Waals surface area contributed by atoms with Gasteiger partial charge in [-0.2, -0.15) is 5.10 Å². The van der Waals surface area contributed by atoms with Gasteiger partial charge in [-0.05, 0) is 55.4 Å². The molecule has 2 aromatic carbocycles. The van der Waals surface area contributed by atoms with Gasteiger partial charge in [0.15, 0.2) is 0 Å². The Labute approximate surface area is 217 Å². The lowest BCUT2D eigenvalue weighted by atomic mass is 9.62. The first-order chi connectivity index (χ1) is 17.6. The zero-order chi connectivity index (χ0) is 24.5. The number of hydrogen-bond acceptors (Lipinski definition) is 4. The van der Waals surface area contributed by atoms with Gasteiger partial charge < -0.3 is 0 Å². The van der Waals surface area contributed by atoms with Gasteiger partial charge in [-0.1, -0.05) is 86.5 Å². The van der Waals surface area contributed by atoms with Crippen LogP contribution in [0.1, 0.15) is 86.9 Å². The number of nitrogens with one attached hydrogen (secondary N) is 1. The van der Waals surface area contributed by atoms with Crippen molar-refractivity contribution in [1.82, 2.24) is 9.55 Å². The molecule has 2 saturated carbocycles. The number of halogens is 1. The molecule has 0 bridgehead atoms. The Morgan fingerprint density at radius 2 is 1.69 bits per heavy atom. The van der Waals surface area contributed by atoms with Crippen LogP contribution < -0.4 is 11.0 Å². The number of anilines is 1. The zero-order valence-corrected chi connectivity index (χ0v) is 21.4. The first kappa shape index (κ1) is 23.5. The fourth-order valence-corrected chi connectivity index (χ4v) is 6.82. The third kappa shape index (κ3) is 4.28. The van der Waals surface area contributed by atoms with E-state index in [1.807, 2.05) is 28.8 Å². The van der Waals surface area contributed by atoms with Crippen molar-refractivity contribution in [2.45, 2.75) is 82.1 Å². The highest BCUT2D eigenvalue weighted by Crippen LogP contribution is 2.49. The van der Waals surface area contributed by atoms with Gasteiger partial charge in [-0.15, -0.1) is 0 Å². The predicted molar refractivity (Wildman–Crippen MR) is 147 cm³/mol. The minimum atomic E-state index is -0.104. The molecule has 1 aromatic heterocycles. The fourth-order valence-electron chi connectivity index (χ4n) is 6.69. The summed E-state index contributed by atoms with van der Waals surface area (Å²) in [5.74, 6) is 0.554. The highest BCUT2D eigenvalue weighted by molar-refractivity contribution is 6.30. The molecule has 186 valence electrons. The number of aromatic nitrogens is 2. The van der Waals surface area contributed by atoms with Crippen LogP contribution in [0.3, 0.4) is 0 Å². The van der Waals surface area contributed by atoms with Crippen LogP contribution in [-0.4, -0.2) is 15.8 Å². The van der Waals surface area contributed by atoms with Crippen LogP contribution in [0.5, 0.6) is 0 Å². The average molecular weight is 501 g/mol. The van der Waals surface area contributed by atoms with Crippen molar-refractivity contribution in [2.75, 3.05) is 5.43 Å². The molecule has 0 aliphatic heterocycles. The van der Waals surface area contributed by atoms with Crippen LogP contribution in [-0.2, 0) is 11.8 Å². The van der Waals surface area contributed by atoms with E-state index in [-0.39, 0.29) is 17.0 Å². The Morgan fingerprint density at radius 1 is 0.972 bits per heavy atom. The summed E-state index contributed by atoms with van der Waals surface area (Å²) in [4.78, 5) is 19.7. The number of rotatable bonds is 4. The lowest BCUT2D eigenvalue weighted by molar-refractivity contribution is 0.278. The van der Waals surface area contributed by atoms with Gasteiger partial charge in [0.2, 0.25) is 5.95 Å². The van der Waals surface area contributed by atoms with E-state index in [9.17, 15) is 4.79 Å². The monoisotopic (exact) mass is 500 g/mol. The summed E-state index contributed by atoms with van der Waals surface area (Å²) < 4.78 is 1.96. The number of hydrazone groups is 1. The van der Waals surface area contributed by atoms with Crippen LogP contribution in [0.4, 0.5) is 5.95 Å². The van der Waals surface area contributed by atoms with Gasteiger partial charge in [0.25, 0.3) is 5.56 Å². The van der Waals surface area contributed by atoms with E-state index in [0.717, 1.165) is 67.3 Å². The van der Waals surface area contributed by atoms with Crippen LogP contribution >= 0.6 is 11.6 Å². The van der Waals surface area contributed by atoms with Crippen molar-refractivity contribution < 1.29 is 0 Å². The van der Waals surface area contributed by atoms with Crippen molar-refractivity contribution in [2.24, 2.45) is 5.10 Å². The molecule has 0 atom stereocenters. The number of nitrogens with zero attached hydrogens (tertiary/aromatic N) is 3. The fraction of sp³-hybridized carbons (Fsp3) is 0.433. The van der Waals surface area contributed by atoms with Crippen molar-refractivity contribution in [1.29, 1.82) is 0 Å². The summed E-state index contributed by atoms with van der Waals surface area (Å²) in [6.07, 6.45) is 14.0. The Hall–Kier alpha value is -2.92. The molecule has 6 rings (SSSR count). The highest BCUT2D eigenvalue weighted by atomic mass is 35.5. The Morgan fingerprint density at radius 3 is 2.47 bits per heavy atom. The van der Waals surface area contributed by atoms with Gasteiger partial charge in [-0.25, -0.2) is 10.4 Å². The molecule has 1 heterocycles. The van der Waals surface area contributed by atoms with Gasteiger partial charge in [0.1, 0.15) is 0 Å². The minimum Gasteiger partial charge on any atom is -0.274 e. The predicted octanol–water partition coefficient (Wildman–Crippen LogP) is 7.27. The van der Waals surface area contributed by atoms with Crippen molar-refractivity contribution in [3.8, 4) is 11.3 Å². The van der Waals surface area contributed by atoms with Crippen molar-refractivity contribution in [3.63, 3.8) is 0 Å². The van der Waals surface area contributed by atoms with Crippen LogP contribution in [0.25, 0.3) is 11.3 Å². The van der Waals surface area contributed by atoms with Crippen molar-refractivity contribution in [3.05, 3.63) is 80.6 Å². The average Bonchev–Trinajstić information content (AvgIpc) is 2.91. The molecule has 1 N–H and O–H groups in total. The molecule has 2 fully saturated rings. The van der Waals surface area contributed by atoms with Crippen LogP contribution in [0.2, 0.25) is 5.02 Å². The van der Waals surface area contributed by atoms with E-state index in [4.69, 9.17) is 16.6 Å². The quantitative estimate of drug-likeness (QED) is 0.302. The zero-order valence-electron chi connectivity index (χ0n) is 20.7. The molecule has 3 aromatic rings. The Bertz CT molecular complexity index is 1330. The van der Waals surface area contributed by atoms with E-state index in [1.165, 1.54) is 31.2 Å². The molecule has 6 heteroatoms. The number of benzene rings is 2. The minimum absolute atomic E-state index is 0.104. The molecular formula is C30H33ClN4O. The molecule has 0 amide bonds. The molecule has 3 aliphatic carbocycles. The Balaban J connectivity index is 1.50. The van der Waals surface area contributed by atoms with E-state index in [1.54, 1.807) is 6.21 Å².